The van der Waals surface area contributed by atoms with Crippen molar-refractivity contribution in [3.05, 3.63) is 33.7 Å². The number of rotatable bonds is 3. The molecule has 0 amide bonds. The van der Waals surface area contributed by atoms with Gasteiger partial charge >= 0.3 is 5.97 Å². The van der Waals surface area contributed by atoms with Gasteiger partial charge in [-0.3, -0.25) is 0 Å². The van der Waals surface area contributed by atoms with Gasteiger partial charge in [0.05, 0.1) is 34.4 Å². The van der Waals surface area contributed by atoms with Gasteiger partial charge in [0.25, 0.3) is 0 Å². The summed E-state index contributed by atoms with van der Waals surface area (Å²) in [5, 5.41) is 4.37. The van der Waals surface area contributed by atoms with Crippen LogP contribution in [0.3, 0.4) is 0 Å². The highest BCUT2D eigenvalue weighted by Gasteiger charge is 2.20. The van der Waals surface area contributed by atoms with E-state index < -0.39 is 5.97 Å². The Morgan fingerprint density at radius 1 is 1.50 bits per heavy atom. The van der Waals surface area contributed by atoms with Gasteiger partial charge in [-0.2, -0.15) is 5.10 Å². The first-order valence-corrected chi connectivity index (χ1v) is 6.89. The highest BCUT2D eigenvalue weighted by molar-refractivity contribution is 9.10. The predicted octanol–water partition coefficient (Wildman–Crippen LogP) is 2.41. The Balaban J connectivity index is 2.61. The fourth-order valence-electron chi connectivity index (χ4n) is 1.83. The van der Waals surface area contributed by atoms with Crippen LogP contribution in [0.5, 0.6) is 0 Å². The Labute approximate surface area is 125 Å². The van der Waals surface area contributed by atoms with Crippen LogP contribution in [-0.4, -0.2) is 27.3 Å². The molecule has 0 radical (unpaired) electrons. The largest absolute Gasteiger partial charge is 0.462 e. The Hall–Kier alpha value is -1.89. The summed E-state index contributed by atoms with van der Waals surface area (Å²) in [4.78, 5) is 16.2. The van der Waals surface area contributed by atoms with Gasteiger partial charge in [-0.1, -0.05) is 0 Å². The molecule has 0 atom stereocenters. The van der Waals surface area contributed by atoms with Crippen molar-refractivity contribution in [3.63, 3.8) is 0 Å². The lowest BCUT2D eigenvalue weighted by Gasteiger charge is -2.10. The molecule has 0 fully saturated rings. The number of anilines is 1. The Kier molecular flexibility index (Phi) is 4.08. The summed E-state index contributed by atoms with van der Waals surface area (Å²) in [6.45, 7) is 5.79. The van der Waals surface area contributed by atoms with Crippen LogP contribution < -0.4 is 5.73 Å². The lowest BCUT2D eigenvalue weighted by molar-refractivity contribution is 0.0526. The average molecular weight is 339 g/mol. The van der Waals surface area contributed by atoms with Crippen molar-refractivity contribution in [1.82, 2.24) is 14.8 Å². The van der Waals surface area contributed by atoms with Gasteiger partial charge < -0.3 is 10.5 Å². The zero-order valence-electron chi connectivity index (χ0n) is 11.5. The molecule has 2 aromatic rings. The minimum atomic E-state index is -0.467. The number of aryl methyl sites for hydroxylation is 1. The summed E-state index contributed by atoms with van der Waals surface area (Å²) in [6.07, 6.45) is 1.49. The summed E-state index contributed by atoms with van der Waals surface area (Å²) >= 11 is 3.45. The molecule has 0 aliphatic heterocycles. The number of hydrogen-bond acceptors (Lipinski definition) is 5. The monoisotopic (exact) mass is 338 g/mol. The van der Waals surface area contributed by atoms with E-state index in [0.717, 1.165) is 15.9 Å². The van der Waals surface area contributed by atoms with Crippen LogP contribution in [0.1, 0.15) is 28.7 Å². The standard InChI is InChI=1S/C13H15BrN4O2/c1-4-20-13(19)10-5-9(15)6-16-12(10)18-8(3)11(14)7(2)17-18/h5-6H,4,15H2,1-3H3. The molecule has 2 aromatic heterocycles. The summed E-state index contributed by atoms with van der Waals surface area (Å²) in [5.74, 6) is -0.0603. The maximum atomic E-state index is 12.0. The molecule has 2 heterocycles. The molecule has 6 nitrogen and oxygen atoms in total. The molecule has 2 N–H and O–H groups in total. The summed E-state index contributed by atoms with van der Waals surface area (Å²) in [6, 6.07) is 1.55. The van der Waals surface area contributed by atoms with E-state index in [1.54, 1.807) is 17.7 Å². The molecule has 0 aliphatic rings. The fourth-order valence-corrected chi connectivity index (χ4v) is 2.08. The van der Waals surface area contributed by atoms with Crippen LogP contribution in [0, 0.1) is 13.8 Å². The van der Waals surface area contributed by atoms with Crippen LogP contribution in [0.25, 0.3) is 5.82 Å². The second-order valence-corrected chi connectivity index (χ2v) is 5.05. The highest BCUT2D eigenvalue weighted by Crippen LogP contribution is 2.24. The van der Waals surface area contributed by atoms with Crippen molar-refractivity contribution in [3.8, 4) is 5.82 Å². The van der Waals surface area contributed by atoms with Crippen LogP contribution >= 0.6 is 15.9 Å². The van der Waals surface area contributed by atoms with Crippen LogP contribution in [-0.2, 0) is 4.74 Å². The van der Waals surface area contributed by atoms with Gasteiger partial charge in [0, 0.05) is 0 Å². The number of esters is 1. The van der Waals surface area contributed by atoms with E-state index in [1.165, 1.54) is 6.20 Å². The SMILES string of the molecule is CCOC(=O)c1cc(N)cnc1-n1nc(C)c(Br)c1C. The van der Waals surface area contributed by atoms with E-state index in [2.05, 4.69) is 26.0 Å². The average Bonchev–Trinajstić information content (AvgIpc) is 2.67. The molecule has 0 aromatic carbocycles. The molecule has 2 rings (SSSR count). The minimum absolute atomic E-state index is 0.286. The quantitative estimate of drug-likeness (QED) is 0.869. The molecule has 0 bridgehead atoms. The number of carbonyl (C=O) groups is 1. The molecule has 7 heteroatoms. The minimum Gasteiger partial charge on any atom is -0.462 e. The van der Waals surface area contributed by atoms with Gasteiger partial charge in [0.2, 0.25) is 0 Å². The molecule has 106 valence electrons. The van der Waals surface area contributed by atoms with Gasteiger partial charge in [-0.15, -0.1) is 0 Å². The predicted molar refractivity (Wildman–Crippen MR) is 78.9 cm³/mol. The van der Waals surface area contributed by atoms with Crippen molar-refractivity contribution < 1.29 is 9.53 Å². The number of nitrogens with zero attached hydrogens (tertiary/aromatic N) is 3. The number of ether oxygens (including phenoxy) is 1. The van der Waals surface area contributed by atoms with E-state index >= 15 is 0 Å². The van der Waals surface area contributed by atoms with Crippen molar-refractivity contribution in [2.75, 3.05) is 12.3 Å². The van der Waals surface area contributed by atoms with Crippen LogP contribution in [0.4, 0.5) is 5.69 Å². The first-order chi connectivity index (χ1) is 9.45. The molecular weight excluding hydrogens is 324 g/mol. The lowest BCUT2D eigenvalue weighted by Crippen LogP contribution is -2.13. The first kappa shape index (κ1) is 14.5. The number of nitrogens with two attached hydrogens (primary N) is 1. The highest BCUT2D eigenvalue weighted by atomic mass is 79.9. The number of hydrogen-bond donors (Lipinski definition) is 1. The van der Waals surface area contributed by atoms with Crippen molar-refractivity contribution in [1.29, 1.82) is 0 Å². The van der Waals surface area contributed by atoms with E-state index in [0.29, 0.717) is 17.1 Å². The first-order valence-electron chi connectivity index (χ1n) is 6.10. The topological polar surface area (TPSA) is 83.0 Å². The lowest BCUT2D eigenvalue weighted by atomic mass is 10.2. The zero-order chi connectivity index (χ0) is 14.9. The zero-order valence-corrected chi connectivity index (χ0v) is 13.1. The third-order valence-corrected chi connectivity index (χ3v) is 3.93. The number of nitrogen functional groups attached to an aromatic ring is 1. The molecular formula is C13H15BrN4O2. The van der Waals surface area contributed by atoms with Crippen molar-refractivity contribution in [2.45, 2.75) is 20.8 Å². The number of halogens is 1. The van der Waals surface area contributed by atoms with Crippen molar-refractivity contribution >= 4 is 27.6 Å². The summed E-state index contributed by atoms with van der Waals surface area (Å²) < 4.78 is 7.52. The molecule has 0 aliphatic carbocycles. The van der Waals surface area contributed by atoms with Gasteiger partial charge in [-0.25, -0.2) is 14.5 Å². The van der Waals surface area contributed by atoms with E-state index in [9.17, 15) is 4.79 Å². The van der Waals surface area contributed by atoms with Crippen LogP contribution in [0.15, 0.2) is 16.7 Å². The van der Waals surface area contributed by atoms with E-state index in [-0.39, 0.29) is 6.61 Å². The molecule has 20 heavy (non-hydrogen) atoms. The maximum absolute atomic E-state index is 12.0. The Morgan fingerprint density at radius 3 is 2.75 bits per heavy atom. The van der Waals surface area contributed by atoms with Crippen molar-refractivity contribution in [2.24, 2.45) is 0 Å². The summed E-state index contributed by atoms with van der Waals surface area (Å²) in [7, 11) is 0. The smallest absolute Gasteiger partial charge is 0.342 e. The van der Waals surface area contributed by atoms with Gasteiger partial charge in [0.15, 0.2) is 5.82 Å². The normalized spacial score (nSPS) is 10.6. The molecule has 0 saturated heterocycles. The van der Waals surface area contributed by atoms with E-state index in [4.69, 9.17) is 10.5 Å². The second-order valence-electron chi connectivity index (χ2n) is 4.26. The van der Waals surface area contributed by atoms with Gasteiger partial charge in [0.1, 0.15) is 5.56 Å². The Bertz CT molecular complexity index is 667. The van der Waals surface area contributed by atoms with E-state index in [1.807, 2.05) is 13.8 Å². The molecule has 0 unspecified atom stereocenters. The van der Waals surface area contributed by atoms with Gasteiger partial charge in [-0.05, 0) is 42.8 Å². The third-order valence-electron chi connectivity index (χ3n) is 2.79. The second kappa shape index (κ2) is 5.62. The number of aromatic nitrogens is 3. The Morgan fingerprint density at radius 2 is 2.20 bits per heavy atom. The third kappa shape index (κ3) is 2.53. The fraction of sp³-hybridized carbons (Fsp3) is 0.308. The number of pyridine rings is 1. The maximum Gasteiger partial charge on any atom is 0.342 e. The summed E-state index contributed by atoms with van der Waals surface area (Å²) in [5.41, 5.74) is 8.07. The van der Waals surface area contributed by atoms with Crippen LogP contribution in [0.2, 0.25) is 0 Å². The number of carbonyl (C=O) groups excluding carboxylic acids is 1. The molecule has 0 saturated carbocycles. The molecule has 0 spiro atoms.